The molecule has 0 aliphatic heterocycles. The highest BCUT2D eigenvalue weighted by molar-refractivity contribution is 5.32. The Hall–Kier alpha value is -1.76. The Labute approximate surface area is 124 Å². The molecule has 0 radical (unpaired) electrons. The summed E-state index contributed by atoms with van der Waals surface area (Å²) in [7, 11) is 1.70. The lowest BCUT2D eigenvalue weighted by atomic mass is 10.1. The van der Waals surface area contributed by atoms with E-state index >= 15 is 0 Å². The van der Waals surface area contributed by atoms with E-state index in [1.165, 1.54) is 17.5 Å². The standard InChI is InChI=1S/C9H12O.C7H8.C3H8/c1-3-8-6-4-5-7-9(8)10-2;1-7-5-3-2-4-6-7;1-3-2/h4-7H,3H2,1-2H3;2-6H,1H3;3H2,1-2H3. The molecule has 0 atom stereocenters. The molecule has 2 aromatic rings. The van der Waals surface area contributed by atoms with Crippen molar-refractivity contribution >= 4 is 0 Å². The van der Waals surface area contributed by atoms with Gasteiger partial charge in [-0.1, -0.05) is 81.3 Å². The SMILES string of the molecule is CCC.CCc1ccccc1OC.Cc1ccccc1. The van der Waals surface area contributed by atoms with Gasteiger partial charge in [-0.05, 0) is 25.0 Å². The first-order valence-electron chi connectivity index (χ1n) is 7.33. The summed E-state index contributed by atoms with van der Waals surface area (Å²) in [6.07, 6.45) is 2.28. The van der Waals surface area contributed by atoms with Gasteiger partial charge < -0.3 is 4.74 Å². The second-order valence-electron chi connectivity index (χ2n) is 4.53. The first-order valence-corrected chi connectivity index (χ1v) is 7.33. The molecule has 0 aliphatic rings. The molecule has 0 N–H and O–H groups in total. The van der Waals surface area contributed by atoms with Crippen LogP contribution in [-0.2, 0) is 6.42 Å². The first kappa shape index (κ1) is 18.2. The van der Waals surface area contributed by atoms with Crippen LogP contribution >= 0.6 is 0 Å². The van der Waals surface area contributed by atoms with E-state index in [2.05, 4.69) is 45.9 Å². The van der Waals surface area contributed by atoms with Crippen LogP contribution in [0.25, 0.3) is 0 Å². The Kier molecular flexibility index (Phi) is 11.2. The lowest BCUT2D eigenvalue weighted by Crippen LogP contribution is -1.88. The van der Waals surface area contributed by atoms with Crippen molar-refractivity contribution in [3.8, 4) is 5.75 Å². The number of benzene rings is 2. The van der Waals surface area contributed by atoms with Crippen LogP contribution in [0.5, 0.6) is 5.75 Å². The Balaban J connectivity index is 0.000000315. The predicted molar refractivity (Wildman–Crippen MR) is 89.5 cm³/mol. The smallest absolute Gasteiger partial charge is 0.122 e. The summed E-state index contributed by atoms with van der Waals surface area (Å²) in [6.45, 7) is 8.46. The molecular weight excluding hydrogens is 244 g/mol. The molecule has 0 unspecified atom stereocenters. The van der Waals surface area contributed by atoms with Crippen LogP contribution in [-0.4, -0.2) is 7.11 Å². The number of methoxy groups -OCH3 is 1. The molecule has 0 aliphatic carbocycles. The monoisotopic (exact) mass is 272 g/mol. The second-order valence-corrected chi connectivity index (χ2v) is 4.53. The van der Waals surface area contributed by atoms with Crippen molar-refractivity contribution in [2.24, 2.45) is 0 Å². The summed E-state index contributed by atoms with van der Waals surface area (Å²) in [5.41, 5.74) is 2.59. The Morgan fingerprint density at radius 2 is 1.30 bits per heavy atom. The van der Waals surface area contributed by atoms with Gasteiger partial charge in [0.25, 0.3) is 0 Å². The van der Waals surface area contributed by atoms with Crippen molar-refractivity contribution in [2.45, 2.75) is 40.5 Å². The molecule has 0 bridgehead atoms. The minimum Gasteiger partial charge on any atom is -0.496 e. The molecule has 1 heteroatoms. The quantitative estimate of drug-likeness (QED) is 0.684. The summed E-state index contributed by atoms with van der Waals surface area (Å²) in [5, 5.41) is 0. The van der Waals surface area contributed by atoms with Gasteiger partial charge in [-0.3, -0.25) is 0 Å². The zero-order valence-corrected chi connectivity index (χ0v) is 13.5. The number of ether oxygens (including phenoxy) is 1. The molecule has 0 fully saturated rings. The third kappa shape index (κ3) is 8.36. The normalized spacial score (nSPS) is 8.65. The van der Waals surface area contributed by atoms with Crippen LogP contribution in [0.1, 0.15) is 38.3 Å². The Morgan fingerprint density at radius 3 is 1.65 bits per heavy atom. The lowest BCUT2D eigenvalue weighted by molar-refractivity contribution is 0.410. The Bertz CT molecular complexity index is 412. The molecule has 0 heterocycles. The van der Waals surface area contributed by atoms with Gasteiger partial charge in [-0.25, -0.2) is 0 Å². The fourth-order valence-electron chi connectivity index (χ4n) is 1.53. The van der Waals surface area contributed by atoms with Gasteiger partial charge in [0.1, 0.15) is 5.75 Å². The van der Waals surface area contributed by atoms with Crippen molar-refractivity contribution in [1.82, 2.24) is 0 Å². The molecule has 2 aromatic carbocycles. The average Bonchev–Trinajstić information content (AvgIpc) is 2.49. The van der Waals surface area contributed by atoms with Crippen molar-refractivity contribution < 1.29 is 4.74 Å². The molecule has 2 rings (SSSR count). The molecule has 0 amide bonds. The number of rotatable bonds is 2. The summed E-state index contributed by atoms with van der Waals surface area (Å²) in [4.78, 5) is 0. The van der Waals surface area contributed by atoms with E-state index in [0.29, 0.717) is 0 Å². The van der Waals surface area contributed by atoms with E-state index in [9.17, 15) is 0 Å². The fraction of sp³-hybridized carbons (Fsp3) is 0.368. The van der Waals surface area contributed by atoms with Gasteiger partial charge in [-0.15, -0.1) is 0 Å². The number of aryl methyl sites for hydroxylation is 2. The number of para-hydroxylation sites is 1. The molecule has 0 saturated heterocycles. The van der Waals surface area contributed by atoms with E-state index < -0.39 is 0 Å². The van der Waals surface area contributed by atoms with Crippen LogP contribution in [0, 0.1) is 6.92 Å². The van der Waals surface area contributed by atoms with Gasteiger partial charge in [0.05, 0.1) is 7.11 Å². The van der Waals surface area contributed by atoms with Crippen molar-refractivity contribution in [3.05, 3.63) is 65.7 Å². The maximum absolute atomic E-state index is 5.14. The summed E-state index contributed by atoms with van der Waals surface area (Å²) < 4.78 is 5.14. The Morgan fingerprint density at radius 1 is 0.800 bits per heavy atom. The zero-order chi connectivity index (χ0) is 15.2. The van der Waals surface area contributed by atoms with Crippen LogP contribution in [0.15, 0.2) is 54.6 Å². The third-order valence-corrected chi connectivity index (χ3v) is 2.51. The van der Waals surface area contributed by atoms with Crippen molar-refractivity contribution in [1.29, 1.82) is 0 Å². The van der Waals surface area contributed by atoms with E-state index in [4.69, 9.17) is 4.74 Å². The van der Waals surface area contributed by atoms with E-state index in [1.807, 2.05) is 36.4 Å². The molecule has 1 nitrogen and oxygen atoms in total. The minimum absolute atomic E-state index is 0.991. The average molecular weight is 272 g/mol. The maximum Gasteiger partial charge on any atom is 0.122 e. The van der Waals surface area contributed by atoms with Gasteiger partial charge in [0, 0.05) is 0 Å². The van der Waals surface area contributed by atoms with Gasteiger partial charge >= 0.3 is 0 Å². The van der Waals surface area contributed by atoms with Crippen molar-refractivity contribution in [3.63, 3.8) is 0 Å². The van der Waals surface area contributed by atoms with Crippen LogP contribution in [0.3, 0.4) is 0 Å². The van der Waals surface area contributed by atoms with Gasteiger partial charge in [0.15, 0.2) is 0 Å². The van der Waals surface area contributed by atoms with Crippen molar-refractivity contribution in [2.75, 3.05) is 7.11 Å². The molecular formula is C19H28O. The highest BCUT2D eigenvalue weighted by atomic mass is 16.5. The third-order valence-electron chi connectivity index (χ3n) is 2.51. The number of hydrogen-bond donors (Lipinski definition) is 0. The molecule has 0 spiro atoms. The summed E-state index contributed by atoms with van der Waals surface area (Å²) >= 11 is 0. The second kappa shape index (κ2) is 12.3. The summed E-state index contributed by atoms with van der Waals surface area (Å²) in [5.74, 6) is 0.991. The highest BCUT2D eigenvalue weighted by Gasteiger charge is 1.95. The van der Waals surface area contributed by atoms with Crippen LogP contribution in [0.4, 0.5) is 0 Å². The lowest BCUT2D eigenvalue weighted by Gasteiger charge is -2.03. The molecule has 110 valence electrons. The zero-order valence-electron chi connectivity index (χ0n) is 13.5. The van der Waals surface area contributed by atoms with Gasteiger partial charge in [0.2, 0.25) is 0 Å². The molecule has 0 aromatic heterocycles. The predicted octanol–water partition coefficient (Wildman–Crippen LogP) is 5.67. The summed E-state index contributed by atoms with van der Waals surface area (Å²) in [6, 6.07) is 18.3. The number of hydrogen-bond acceptors (Lipinski definition) is 1. The van der Waals surface area contributed by atoms with E-state index in [0.717, 1.165) is 12.2 Å². The van der Waals surface area contributed by atoms with E-state index in [-0.39, 0.29) is 0 Å². The minimum atomic E-state index is 0.991. The van der Waals surface area contributed by atoms with Crippen LogP contribution in [0.2, 0.25) is 0 Å². The highest BCUT2D eigenvalue weighted by Crippen LogP contribution is 2.16. The van der Waals surface area contributed by atoms with Gasteiger partial charge in [-0.2, -0.15) is 0 Å². The molecule has 0 saturated carbocycles. The molecule has 20 heavy (non-hydrogen) atoms. The topological polar surface area (TPSA) is 9.23 Å². The fourth-order valence-corrected chi connectivity index (χ4v) is 1.53. The first-order chi connectivity index (χ1) is 9.69. The largest absolute Gasteiger partial charge is 0.496 e. The van der Waals surface area contributed by atoms with Crippen LogP contribution < -0.4 is 4.74 Å². The van der Waals surface area contributed by atoms with E-state index in [1.54, 1.807) is 7.11 Å². The maximum atomic E-state index is 5.14.